The smallest absolute Gasteiger partial charge is 0.0599 e. The Morgan fingerprint density at radius 2 is 2.00 bits per heavy atom. The van der Waals surface area contributed by atoms with E-state index in [9.17, 15) is 0 Å². The minimum Gasteiger partial charge on any atom is -0.378 e. The third-order valence-corrected chi connectivity index (χ3v) is 1.89. The zero-order valence-electron chi connectivity index (χ0n) is 7.52. The van der Waals surface area contributed by atoms with Gasteiger partial charge in [-0.3, -0.25) is 0 Å². The number of piperidine rings is 1. The number of hydrogen-bond donors (Lipinski definition) is 1. The molecule has 1 fully saturated rings. The van der Waals surface area contributed by atoms with E-state index in [-0.39, 0.29) is 0 Å². The largest absolute Gasteiger partial charge is 0.378 e. The van der Waals surface area contributed by atoms with Gasteiger partial charge in [0.25, 0.3) is 0 Å². The van der Waals surface area contributed by atoms with Crippen LogP contribution in [0.25, 0.3) is 0 Å². The van der Waals surface area contributed by atoms with Gasteiger partial charge in [0.05, 0.1) is 12.7 Å². The van der Waals surface area contributed by atoms with Gasteiger partial charge in [0.15, 0.2) is 0 Å². The molecule has 0 aromatic carbocycles. The van der Waals surface area contributed by atoms with Gasteiger partial charge in [-0.25, -0.2) is 0 Å². The maximum Gasteiger partial charge on any atom is 0.0599 e. The number of ether oxygens (including phenoxy) is 1. The summed E-state index contributed by atoms with van der Waals surface area (Å²) in [6, 6.07) is 0. The second-order valence-corrected chi connectivity index (χ2v) is 3.47. The monoisotopic (exact) mass is 156 g/mol. The van der Waals surface area contributed by atoms with Crippen molar-refractivity contribution < 1.29 is 4.74 Å². The summed E-state index contributed by atoms with van der Waals surface area (Å²) in [4.78, 5) is 0. The normalized spacial score (nSPS) is 21.0. The quantitative estimate of drug-likeness (QED) is 0.666. The second kappa shape index (κ2) is 4.73. The van der Waals surface area contributed by atoms with E-state index >= 15 is 0 Å². The molecule has 1 heterocycles. The van der Waals surface area contributed by atoms with E-state index in [1.54, 1.807) is 0 Å². The third-order valence-electron chi connectivity index (χ3n) is 1.89. The molecule has 0 bridgehead atoms. The maximum absolute atomic E-state index is 5.67. The summed E-state index contributed by atoms with van der Waals surface area (Å²) in [6.45, 7) is 7.30. The highest BCUT2D eigenvalue weighted by Gasteiger charge is 2.13. The molecule has 2 heteroatoms. The van der Waals surface area contributed by atoms with Crippen LogP contribution in [0.3, 0.4) is 0 Å². The molecule has 0 aliphatic carbocycles. The van der Waals surface area contributed by atoms with Crippen molar-refractivity contribution in [1.82, 2.24) is 5.32 Å². The van der Waals surface area contributed by atoms with Crippen molar-refractivity contribution >= 4 is 0 Å². The molecule has 0 unspecified atom stereocenters. The van der Waals surface area contributed by atoms with E-state index in [2.05, 4.69) is 19.2 Å². The molecule has 1 rings (SSSR count). The summed E-state index contributed by atoms with van der Waals surface area (Å²) < 4.78 is 5.67. The van der Waals surface area contributed by atoms with Crippen LogP contribution < -0.4 is 5.32 Å². The lowest BCUT2D eigenvalue weighted by Gasteiger charge is -2.23. The molecule has 1 aliphatic heterocycles. The number of rotatable bonds is 3. The number of nitrogens with one attached hydrogen (secondary N) is 1. The minimum atomic E-state index is 0.506. The van der Waals surface area contributed by atoms with Gasteiger partial charge in [-0.2, -0.15) is 0 Å². The lowest BCUT2D eigenvalue weighted by atomic mass is 10.1. The fourth-order valence-electron chi connectivity index (χ4n) is 1.25. The fourth-order valence-corrected chi connectivity index (χ4v) is 1.25. The lowest BCUT2D eigenvalue weighted by molar-refractivity contribution is 0.0403. The van der Waals surface area contributed by atoms with E-state index in [4.69, 9.17) is 4.74 Å². The Balaban J connectivity index is 2.05. The first-order chi connectivity index (χ1) is 5.29. The van der Waals surface area contributed by atoms with Crippen LogP contribution in [0.2, 0.25) is 0 Å². The third kappa shape index (κ3) is 3.73. The van der Waals surface area contributed by atoms with E-state index in [1.165, 1.54) is 18.8 Å². The highest BCUT2D eigenvalue weighted by Crippen LogP contribution is 2.09. The van der Waals surface area contributed by atoms with Crippen molar-refractivity contribution in [1.29, 1.82) is 0 Å². The predicted molar refractivity (Wildman–Crippen MR) is 46.4 cm³/mol. The SMILES string of the molecule is C[C](C)COC1CCNCC1. The van der Waals surface area contributed by atoms with Crippen molar-refractivity contribution in [2.45, 2.75) is 32.8 Å². The van der Waals surface area contributed by atoms with Crippen molar-refractivity contribution in [3.05, 3.63) is 5.92 Å². The molecule has 65 valence electrons. The van der Waals surface area contributed by atoms with Gasteiger partial charge in [-0.05, 0) is 31.8 Å². The van der Waals surface area contributed by atoms with Crippen LogP contribution in [0.4, 0.5) is 0 Å². The van der Waals surface area contributed by atoms with Gasteiger partial charge in [0, 0.05) is 0 Å². The van der Waals surface area contributed by atoms with Gasteiger partial charge in [-0.15, -0.1) is 0 Å². The predicted octanol–water partition coefficient (Wildman–Crippen LogP) is 1.37. The molecule has 2 nitrogen and oxygen atoms in total. The maximum atomic E-state index is 5.67. The summed E-state index contributed by atoms with van der Waals surface area (Å²) in [5.41, 5.74) is 0. The topological polar surface area (TPSA) is 21.3 Å². The van der Waals surface area contributed by atoms with E-state index in [1.807, 2.05) is 0 Å². The van der Waals surface area contributed by atoms with Crippen LogP contribution in [-0.2, 0) is 4.74 Å². The summed E-state index contributed by atoms with van der Waals surface area (Å²) in [5.74, 6) is 1.36. The van der Waals surface area contributed by atoms with Crippen LogP contribution in [0.1, 0.15) is 26.7 Å². The Morgan fingerprint density at radius 1 is 1.36 bits per heavy atom. The first-order valence-electron chi connectivity index (χ1n) is 4.40. The Kier molecular flexibility index (Phi) is 3.87. The highest BCUT2D eigenvalue weighted by atomic mass is 16.5. The average molecular weight is 156 g/mol. The molecule has 0 amide bonds. The molecule has 1 radical (unpaired) electrons. The lowest BCUT2D eigenvalue weighted by Crippen LogP contribution is -2.32. The average Bonchev–Trinajstić information content (AvgIpc) is 2.03. The molecule has 1 N–H and O–H groups in total. The summed E-state index contributed by atoms with van der Waals surface area (Å²) in [6.07, 6.45) is 2.85. The molecule has 1 saturated heterocycles. The fraction of sp³-hybridized carbons (Fsp3) is 0.889. The molecule has 0 aromatic heterocycles. The highest BCUT2D eigenvalue weighted by molar-refractivity contribution is 4.77. The molecule has 0 spiro atoms. The Labute approximate surface area is 69.3 Å². The molecular weight excluding hydrogens is 138 g/mol. The van der Waals surface area contributed by atoms with Crippen LogP contribution in [0, 0.1) is 5.92 Å². The molecule has 0 atom stereocenters. The summed E-state index contributed by atoms with van der Waals surface area (Å²) in [5, 5.41) is 3.32. The Morgan fingerprint density at radius 3 is 2.55 bits per heavy atom. The first kappa shape index (κ1) is 9.01. The van der Waals surface area contributed by atoms with Crippen molar-refractivity contribution in [2.75, 3.05) is 19.7 Å². The zero-order valence-corrected chi connectivity index (χ0v) is 7.52. The van der Waals surface area contributed by atoms with Crippen LogP contribution >= 0.6 is 0 Å². The molecular formula is C9H18NO. The van der Waals surface area contributed by atoms with E-state index < -0.39 is 0 Å². The van der Waals surface area contributed by atoms with Crippen molar-refractivity contribution in [3.63, 3.8) is 0 Å². The molecule has 11 heavy (non-hydrogen) atoms. The van der Waals surface area contributed by atoms with Crippen molar-refractivity contribution in [2.24, 2.45) is 0 Å². The molecule has 0 aromatic rings. The van der Waals surface area contributed by atoms with Crippen molar-refractivity contribution in [3.8, 4) is 0 Å². The minimum absolute atomic E-state index is 0.506. The van der Waals surface area contributed by atoms with Crippen LogP contribution in [-0.4, -0.2) is 25.8 Å². The molecule has 1 aliphatic rings. The molecule has 0 saturated carbocycles. The van der Waals surface area contributed by atoms with E-state index in [0.29, 0.717) is 6.10 Å². The van der Waals surface area contributed by atoms with Crippen LogP contribution in [0.5, 0.6) is 0 Å². The van der Waals surface area contributed by atoms with Gasteiger partial charge in [-0.1, -0.05) is 13.8 Å². The first-order valence-corrected chi connectivity index (χ1v) is 4.40. The summed E-state index contributed by atoms with van der Waals surface area (Å²) in [7, 11) is 0. The second-order valence-electron chi connectivity index (χ2n) is 3.47. The van der Waals surface area contributed by atoms with E-state index in [0.717, 1.165) is 19.7 Å². The van der Waals surface area contributed by atoms with Gasteiger partial charge < -0.3 is 10.1 Å². The van der Waals surface area contributed by atoms with Gasteiger partial charge in [0.1, 0.15) is 0 Å². The van der Waals surface area contributed by atoms with Crippen LogP contribution in [0.15, 0.2) is 0 Å². The zero-order chi connectivity index (χ0) is 8.10. The summed E-state index contributed by atoms with van der Waals surface area (Å²) >= 11 is 0. The van der Waals surface area contributed by atoms with Gasteiger partial charge in [0.2, 0.25) is 0 Å². The standard InChI is InChI=1S/C9H18NO/c1-8(2)7-11-9-3-5-10-6-4-9/h9-10H,3-7H2,1-2H3. The Bertz CT molecular complexity index is 97.7. The van der Waals surface area contributed by atoms with Gasteiger partial charge >= 0.3 is 0 Å². The number of hydrogen-bond acceptors (Lipinski definition) is 2. The Hall–Kier alpha value is -0.0800.